The first-order chi connectivity index (χ1) is 13.1. The van der Waals surface area contributed by atoms with Gasteiger partial charge in [-0.15, -0.1) is 0 Å². The monoisotopic (exact) mass is 362 g/mol. The van der Waals surface area contributed by atoms with E-state index in [1.54, 1.807) is 27.4 Å². The van der Waals surface area contributed by atoms with E-state index >= 15 is 0 Å². The van der Waals surface area contributed by atoms with Crippen LogP contribution in [0, 0.1) is 0 Å². The molecule has 0 amide bonds. The quantitative estimate of drug-likeness (QED) is 0.733. The Morgan fingerprint density at radius 2 is 1.52 bits per heavy atom. The van der Waals surface area contributed by atoms with E-state index in [2.05, 4.69) is 0 Å². The number of ether oxygens (including phenoxy) is 3. The van der Waals surface area contributed by atoms with E-state index in [-0.39, 0.29) is 11.5 Å². The van der Waals surface area contributed by atoms with Crippen molar-refractivity contribution in [1.29, 1.82) is 0 Å². The Bertz CT molecular complexity index is 1090. The molecule has 1 aliphatic carbocycles. The summed E-state index contributed by atoms with van der Waals surface area (Å²) in [6.45, 7) is 0. The summed E-state index contributed by atoms with van der Waals surface area (Å²) in [6.07, 6.45) is 1.51. The first-order valence-electron chi connectivity index (χ1n) is 8.40. The minimum absolute atomic E-state index is 0.240. The molecule has 27 heavy (non-hydrogen) atoms. The number of allylic oxidation sites excluding steroid dienone is 1. The number of hydrogen-bond acceptors (Lipinski definition) is 5. The highest BCUT2D eigenvalue weighted by atomic mass is 16.5. The molecule has 0 aliphatic heterocycles. The molecular formula is C22H18O5. The topological polar surface area (TPSA) is 65.0 Å². The third-order valence-corrected chi connectivity index (χ3v) is 4.82. The number of Topliss-reactive ketones (excluding diaryl/α,β-unsaturated/α-hetero) is 1. The van der Waals surface area contributed by atoms with Crippen molar-refractivity contribution < 1.29 is 24.1 Å². The molecule has 0 saturated carbocycles. The Labute approximate surface area is 156 Å². The van der Waals surface area contributed by atoms with E-state index in [1.807, 2.05) is 36.4 Å². The van der Waals surface area contributed by atoms with Crippen LogP contribution in [0.1, 0.15) is 15.9 Å². The minimum atomic E-state index is -0.366. The molecule has 0 unspecified atom stereocenters. The van der Waals surface area contributed by atoms with Gasteiger partial charge < -0.3 is 19.3 Å². The average molecular weight is 362 g/mol. The molecule has 1 aliphatic rings. The third kappa shape index (κ3) is 2.51. The summed E-state index contributed by atoms with van der Waals surface area (Å²) in [7, 11) is 4.71. The van der Waals surface area contributed by atoms with Gasteiger partial charge in [0.15, 0.2) is 17.3 Å². The van der Waals surface area contributed by atoms with Crippen LogP contribution in [0.25, 0.3) is 28.0 Å². The van der Waals surface area contributed by atoms with Gasteiger partial charge in [0.1, 0.15) is 0 Å². The second kappa shape index (κ2) is 6.36. The predicted octanol–water partition coefficient (Wildman–Crippen LogP) is 4.63. The zero-order chi connectivity index (χ0) is 19.1. The lowest BCUT2D eigenvalue weighted by atomic mass is 9.87. The van der Waals surface area contributed by atoms with Gasteiger partial charge in [0.05, 0.1) is 21.3 Å². The number of benzene rings is 3. The van der Waals surface area contributed by atoms with Crippen molar-refractivity contribution in [2.75, 3.05) is 21.3 Å². The zero-order valence-corrected chi connectivity index (χ0v) is 15.2. The molecule has 0 fully saturated rings. The van der Waals surface area contributed by atoms with Gasteiger partial charge >= 0.3 is 0 Å². The van der Waals surface area contributed by atoms with Gasteiger partial charge in [-0.2, -0.15) is 0 Å². The fourth-order valence-electron chi connectivity index (χ4n) is 3.58. The standard InChI is InChI=1S/C22H18O5/c1-25-18-10-13(11-19(26-2)22(18)27-3)14-7-8-16-20-12(5-4-6-15(14)20)9-17(23)21(16)24/h4-11,23H,1-3H3. The van der Waals surface area contributed by atoms with Crippen LogP contribution in [0.3, 0.4) is 0 Å². The summed E-state index contributed by atoms with van der Waals surface area (Å²) in [6, 6.07) is 13.1. The number of ketones is 1. The van der Waals surface area contributed by atoms with Crippen molar-refractivity contribution in [2.45, 2.75) is 0 Å². The fraction of sp³-hybridized carbons (Fsp3) is 0.136. The number of carbonyl (C=O) groups is 1. The maximum absolute atomic E-state index is 12.4. The van der Waals surface area contributed by atoms with Crippen molar-refractivity contribution in [3.05, 3.63) is 59.4 Å². The van der Waals surface area contributed by atoms with Crippen LogP contribution in [0.15, 0.2) is 48.2 Å². The van der Waals surface area contributed by atoms with Crippen molar-refractivity contribution in [3.8, 4) is 28.4 Å². The Hall–Kier alpha value is -3.47. The van der Waals surface area contributed by atoms with Crippen LogP contribution >= 0.6 is 0 Å². The van der Waals surface area contributed by atoms with E-state index < -0.39 is 0 Å². The normalized spacial score (nSPS) is 12.7. The van der Waals surface area contributed by atoms with Gasteiger partial charge in [0, 0.05) is 10.9 Å². The fourth-order valence-corrected chi connectivity index (χ4v) is 3.58. The molecule has 0 aromatic heterocycles. The summed E-state index contributed by atoms with van der Waals surface area (Å²) < 4.78 is 16.3. The molecule has 136 valence electrons. The second-order valence-electron chi connectivity index (χ2n) is 6.20. The molecule has 4 rings (SSSR count). The van der Waals surface area contributed by atoms with Crippen LogP contribution in [0.2, 0.25) is 0 Å². The smallest absolute Gasteiger partial charge is 0.227 e. The zero-order valence-electron chi connectivity index (χ0n) is 15.2. The van der Waals surface area contributed by atoms with Gasteiger partial charge in [-0.3, -0.25) is 4.79 Å². The first-order valence-corrected chi connectivity index (χ1v) is 8.40. The van der Waals surface area contributed by atoms with Crippen LogP contribution in [-0.2, 0) is 0 Å². The predicted molar refractivity (Wildman–Crippen MR) is 104 cm³/mol. The van der Waals surface area contributed by atoms with Gasteiger partial charge in [0.2, 0.25) is 11.5 Å². The lowest BCUT2D eigenvalue weighted by Crippen LogP contribution is -2.08. The van der Waals surface area contributed by atoms with Gasteiger partial charge in [-0.1, -0.05) is 24.3 Å². The van der Waals surface area contributed by atoms with Gasteiger partial charge in [-0.25, -0.2) is 0 Å². The lowest BCUT2D eigenvalue weighted by molar-refractivity contribution is 0.0981. The van der Waals surface area contributed by atoms with E-state index in [1.165, 1.54) is 6.08 Å². The minimum Gasteiger partial charge on any atom is -0.504 e. The summed E-state index contributed by atoms with van der Waals surface area (Å²) in [5.41, 5.74) is 3.11. The molecule has 0 heterocycles. The number of methoxy groups -OCH3 is 3. The number of aliphatic hydroxyl groups is 1. The molecule has 5 heteroatoms. The molecule has 3 aromatic rings. The molecule has 1 N–H and O–H groups in total. The highest BCUT2D eigenvalue weighted by Gasteiger charge is 2.23. The molecular weight excluding hydrogens is 344 g/mol. The Morgan fingerprint density at radius 1 is 0.852 bits per heavy atom. The SMILES string of the molecule is COc1cc(-c2ccc3c4c(cccc24)C=C(O)C3=O)cc(OC)c1OC. The van der Waals surface area contributed by atoms with Crippen LogP contribution in [-0.4, -0.2) is 32.2 Å². The van der Waals surface area contributed by atoms with E-state index in [9.17, 15) is 9.90 Å². The molecule has 3 aromatic carbocycles. The van der Waals surface area contributed by atoms with Crippen molar-refractivity contribution in [2.24, 2.45) is 0 Å². The molecule has 0 atom stereocenters. The van der Waals surface area contributed by atoms with Gasteiger partial charge in [-0.05, 0) is 46.4 Å². The number of hydrogen-bond donors (Lipinski definition) is 1. The summed E-state index contributed by atoms with van der Waals surface area (Å²) in [5.74, 6) is 1.03. The number of aliphatic hydroxyl groups excluding tert-OH is 1. The molecule has 0 saturated heterocycles. The number of carbonyl (C=O) groups excluding carboxylic acids is 1. The third-order valence-electron chi connectivity index (χ3n) is 4.82. The van der Waals surface area contributed by atoms with Gasteiger partial charge in [0.25, 0.3) is 0 Å². The van der Waals surface area contributed by atoms with Crippen LogP contribution in [0.5, 0.6) is 17.2 Å². The Kier molecular flexibility index (Phi) is 4.00. The van der Waals surface area contributed by atoms with Crippen molar-refractivity contribution in [3.63, 3.8) is 0 Å². The maximum atomic E-state index is 12.4. The van der Waals surface area contributed by atoms with Crippen LogP contribution < -0.4 is 14.2 Å². The maximum Gasteiger partial charge on any atom is 0.227 e. The second-order valence-corrected chi connectivity index (χ2v) is 6.20. The highest BCUT2D eigenvalue weighted by Crippen LogP contribution is 2.44. The lowest BCUT2D eigenvalue weighted by Gasteiger charge is -2.18. The summed E-state index contributed by atoms with van der Waals surface area (Å²) in [4.78, 5) is 12.4. The Balaban J connectivity index is 2.03. The largest absolute Gasteiger partial charge is 0.504 e. The van der Waals surface area contributed by atoms with Crippen molar-refractivity contribution in [1.82, 2.24) is 0 Å². The van der Waals surface area contributed by atoms with Crippen molar-refractivity contribution >= 4 is 22.6 Å². The van der Waals surface area contributed by atoms with E-state index in [4.69, 9.17) is 14.2 Å². The summed E-state index contributed by atoms with van der Waals surface area (Å²) >= 11 is 0. The number of rotatable bonds is 4. The molecule has 0 bridgehead atoms. The average Bonchev–Trinajstić information content (AvgIpc) is 2.70. The van der Waals surface area contributed by atoms with E-state index in [0.29, 0.717) is 22.8 Å². The summed E-state index contributed by atoms with van der Waals surface area (Å²) in [5, 5.41) is 11.7. The van der Waals surface area contributed by atoms with Crippen LogP contribution in [0.4, 0.5) is 0 Å². The van der Waals surface area contributed by atoms with E-state index in [0.717, 1.165) is 27.5 Å². The molecule has 0 radical (unpaired) electrons. The molecule has 0 spiro atoms. The Morgan fingerprint density at radius 3 is 2.15 bits per heavy atom. The highest BCUT2D eigenvalue weighted by molar-refractivity contribution is 6.23. The first kappa shape index (κ1) is 17.0. The molecule has 5 nitrogen and oxygen atoms in total.